The lowest BCUT2D eigenvalue weighted by Gasteiger charge is -2.22. The quantitative estimate of drug-likeness (QED) is 0.750. The van der Waals surface area contributed by atoms with Gasteiger partial charge in [-0.05, 0) is 43.9 Å². The smallest absolute Gasteiger partial charge is 0.234 e. The summed E-state index contributed by atoms with van der Waals surface area (Å²) < 4.78 is 0. The Morgan fingerprint density at radius 3 is 2.60 bits per heavy atom. The van der Waals surface area contributed by atoms with Gasteiger partial charge in [0.25, 0.3) is 0 Å². The summed E-state index contributed by atoms with van der Waals surface area (Å²) in [7, 11) is 0. The van der Waals surface area contributed by atoms with Crippen molar-refractivity contribution in [3.63, 3.8) is 0 Å². The van der Waals surface area contributed by atoms with Gasteiger partial charge >= 0.3 is 0 Å². The van der Waals surface area contributed by atoms with Gasteiger partial charge in [-0.15, -0.1) is 0 Å². The zero-order valence-electron chi connectivity index (χ0n) is 12.4. The highest BCUT2D eigenvalue weighted by Crippen LogP contribution is 2.28. The van der Waals surface area contributed by atoms with Crippen LogP contribution in [0.1, 0.15) is 38.7 Å². The largest absolute Gasteiger partial charge is 0.399 e. The SMILES string of the molecule is CCC(C)NC(=O)CN(Cc1ccc(N)cc1)C1CC1. The predicted octanol–water partition coefficient (Wildman–Crippen LogP) is 2.15. The van der Waals surface area contributed by atoms with E-state index in [4.69, 9.17) is 5.73 Å². The number of nitrogen functional groups attached to an aromatic ring is 1. The van der Waals surface area contributed by atoms with Crippen LogP contribution in [-0.2, 0) is 11.3 Å². The van der Waals surface area contributed by atoms with E-state index in [9.17, 15) is 4.79 Å². The third kappa shape index (κ3) is 4.53. The van der Waals surface area contributed by atoms with Crippen LogP contribution in [0.25, 0.3) is 0 Å². The van der Waals surface area contributed by atoms with Gasteiger partial charge in [0.15, 0.2) is 0 Å². The first-order valence-corrected chi connectivity index (χ1v) is 7.46. The normalized spacial score (nSPS) is 16.1. The van der Waals surface area contributed by atoms with Gasteiger partial charge in [0.1, 0.15) is 0 Å². The van der Waals surface area contributed by atoms with E-state index in [0.717, 1.165) is 18.7 Å². The molecule has 4 nitrogen and oxygen atoms in total. The van der Waals surface area contributed by atoms with Crippen molar-refractivity contribution in [3.8, 4) is 0 Å². The molecule has 110 valence electrons. The molecule has 1 unspecified atom stereocenters. The average molecular weight is 275 g/mol. The molecule has 0 heterocycles. The molecule has 1 fully saturated rings. The third-order valence-electron chi connectivity index (χ3n) is 3.80. The molecule has 2 rings (SSSR count). The third-order valence-corrected chi connectivity index (χ3v) is 3.80. The highest BCUT2D eigenvalue weighted by atomic mass is 16.2. The summed E-state index contributed by atoms with van der Waals surface area (Å²) in [5.74, 6) is 0.127. The van der Waals surface area contributed by atoms with Crippen LogP contribution in [0.15, 0.2) is 24.3 Å². The Kier molecular flexibility index (Phi) is 5.01. The number of carbonyl (C=O) groups is 1. The van der Waals surface area contributed by atoms with Crippen LogP contribution in [-0.4, -0.2) is 29.4 Å². The van der Waals surface area contributed by atoms with Crippen molar-refractivity contribution in [1.82, 2.24) is 10.2 Å². The minimum Gasteiger partial charge on any atom is -0.399 e. The first-order valence-electron chi connectivity index (χ1n) is 7.46. The Morgan fingerprint density at radius 2 is 2.05 bits per heavy atom. The number of benzene rings is 1. The molecule has 1 aromatic rings. The van der Waals surface area contributed by atoms with Gasteiger partial charge in [0, 0.05) is 24.3 Å². The summed E-state index contributed by atoms with van der Waals surface area (Å²) >= 11 is 0. The van der Waals surface area contributed by atoms with Crippen LogP contribution in [0, 0.1) is 0 Å². The number of carbonyl (C=O) groups excluding carboxylic acids is 1. The molecule has 0 aliphatic heterocycles. The zero-order valence-corrected chi connectivity index (χ0v) is 12.4. The summed E-state index contributed by atoms with van der Waals surface area (Å²) in [6.07, 6.45) is 3.37. The Labute approximate surface area is 121 Å². The maximum Gasteiger partial charge on any atom is 0.234 e. The lowest BCUT2D eigenvalue weighted by Crippen LogP contribution is -2.41. The van der Waals surface area contributed by atoms with Gasteiger partial charge in [0.2, 0.25) is 5.91 Å². The molecule has 0 radical (unpaired) electrons. The van der Waals surface area contributed by atoms with E-state index < -0.39 is 0 Å². The van der Waals surface area contributed by atoms with E-state index in [1.165, 1.54) is 18.4 Å². The molecule has 0 bridgehead atoms. The standard InChI is InChI=1S/C16H25N3O/c1-3-12(2)18-16(20)11-19(15-8-9-15)10-13-4-6-14(17)7-5-13/h4-7,12,15H,3,8-11,17H2,1-2H3,(H,18,20). The van der Waals surface area contributed by atoms with Crippen molar-refractivity contribution in [3.05, 3.63) is 29.8 Å². The summed E-state index contributed by atoms with van der Waals surface area (Å²) in [5.41, 5.74) is 7.69. The second-order valence-electron chi connectivity index (χ2n) is 5.75. The molecule has 0 spiro atoms. The monoisotopic (exact) mass is 275 g/mol. The van der Waals surface area contributed by atoms with Crippen molar-refractivity contribution >= 4 is 11.6 Å². The number of nitrogens with two attached hydrogens (primary N) is 1. The number of nitrogens with one attached hydrogen (secondary N) is 1. The van der Waals surface area contributed by atoms with E-state index in [2.05, 4.69) is 17.1 Å². The molecule has 1 atom stereocenters. The molecular weight excluding hydrogens is 250 g/mol. The Bertz CT molecular complexity index is 440. The van der Waals surface area contributed by atoms with E-state index >= 15 is 0 Å². The Morgan fingerprint density at radius 1 is 1.40 bits per heavy atom. The Hall–Kier alpha value is -1.55. The fraction of sp³-hybridized carbons (Fsp3) is 0.562. The van der Waals surface area contributed by atoms with Gasteiger partial charge in [0.05, 0.1) is 6.54 Å². The van der Waals surface area contributed by atoms with Crippen LogP contribution >= 0.6 is 0 Å². The molecule has 1 aliphatic rings. The van der Waals surface area contributed by atoms with E-state index in [1.54, 1.807) is 0 Å². The van der Waals surface area contributed by atoms with Crippen molar-refractivity contribution in [1.29, 1.82) is 0 Å². The minimum atomic E-state index is 0.127. The summed E-state index contributed by atoms with van der Waals surface area (Å²) in [5, 5.41) is 3.04. The highest BCUT2D eigenvalue weighted by molar-refractivity contribution is 5.78. The van der Waals surface area contributed by atoms with Gasteiger partial charge in [-0.3, -0.25) is 9.69 Å². The summed E-state index contributed by atoms with van der Waals surface area (Å²) in [6.45, 7) is 5.43. The Balaban J connectivity index is 1.90. The number of anilines is 1. The maximum atomic E-state index is 12.0. The van der Waals surface area contributed by atoms with Gasteiger partial charge in [-0.2, -0.15) is 0 Å². The number of rotatable bonds is 7. The molecule has 4 heteroatoms. The predicted molar refractivity (Wildman–Crippen MR) is 82.2 cm³/mol. The first-order chi connectivity index (χ1) is 9.58. The lowest BCUT2D eigenvalue weighted by molar-refractivity contribution is -0.123. The second kappa shape index (κ2) is 6.75. The number of hydrogen-bond donors (Lipinski definition) is 2. The fourth-order valence-electron chi connectivity index (χ4n) is 2.22. The highest BCUT2D eigenvalue weighted by Gasteiger charge is 2.30. The first kappa shape index (κ1) is 14.9. The summed E-state index contributed by atoms with van der Waals surface area (Å²) in [4.78, 5) is 14.3. The molecular formula is C16H25N3O. The van der Waals surface area contributed by atoms with Crippen LogP contribution < -0.4 is 11.1 Å². The lowest BCUT2D eigenvalue weighted by atomic mass is 10.2. The second-order valence-corrected chi connectivity index (χ2v) is 5.75. The van der Waals surface area contributed by atoms with Crippen molar-refractivity contribution in [2.45, 2.75) is 51.7 Å². The average Bonchev–Trinajstić information content (AvgIpc) is 3.24. The summed E-state index contributed by atoms with van der Waals surface area (Å²) in [6, 6.07) is 8.73. The van der Waals surface area contributed by atoms with Crippen LogP contribution in [0.2, 0.25) is 0 Å². The number of nitrogens with zero attached hydrogens (tertiary/aromatic N) is 1. The topological polar surface area (TPSA) is 58.4 Å². The molecule has 1 aromatic carbocycles. The molecule has 20 heavy (non-hydrogen) atoms. The van der Waals surface area contributed by atoms with E-state index in [0.29, 0.717) is 12.6 Å². The zero-order chi connectivity index (χ0) is 14.5. The van der Waals surface area contributed by atoms with Crippen LogP contribution in [0.5, 0.6) is 0 Å². The van der Waals surface area contributed by atoms with Crippen LogP contribution in [0.4, 0.5) is 5.69 Å². The van der Waals surface area contributed by atoms with Gasteiger partial charge in [-0.25, -0.2) is 0 Å². The minimum absolute atomic E-state index is 0.127. The van der Waals surface area contributed by atoms with E-state index in [1.807, 2.05) is 31.2 Å². The van der Waals surface area contributed by atoms with Crippen molar-refractivity contribution in [2.75, 3.05) is 12.3 Å². The van der Waals surface area contributed by atoms with Crippen molar-refractivity contribution < 1.29 is 4.79 Å². The maximum absolute atomic E-state index is 12.0. The van der Waals surface area contributed by atoms with Crippen LogP contribution in [0.3, 0.4) is 0 Å². The fourth-order valence-corrected chi connectivity index (χ4v) is 2.22. The molecule has 1 saturated carbocycles. The molecule has 3 N–H and O–H groups in total. The number of hydrogen-bond acceptors (Lipinski definition) is 3. The molecule has 1 amide bonds. The molecule has 0 saturated heterocycles. The molecule has 0 aromatic heterocycles. The van der Waals surface area contributed by atoms with Gasteiger partial charge < -0.3 is 11.1 Å². The van der Waals surface area contributed by atoms with Crippen molar-refractivity contribution in [2.24, 2.45) is 0 Å². The number of amides is 1. The molecule has 1 aliphatic carbocycles. The van der Waals surface area contributed by atoms with E-state index in [-0.39, 0.29) is 11.9 Å². The van der Waals surface area contributed by atoms with Gasteiger partial charge in [-0.1, -0.05) is 19.1 Å².